The van der Waals surface area contributed by atoms with Crippen molar-refractivity contribution in [3.8, 4) is 0 Å². The summed E-state index contributed by atoms with van der Waals surface area (Å²) in [7, 11) is 0. The van der Waals surface area contributed by atoms with Gasteiger partial charge in [0.25, 0.3) is 0 Å². The van der Waals surface area contributed by atoms with Gasteiger partial charge in [0.05, 0.1) is 12.7 Å². The summed E-state index contributed by atoms with van der Waals surface area (Å²) < 4.78 is 18.4. The normalized spacial score (nSPS) is 24.8. The molecule has 136 valence electrons. The summed E-state index contributed by atoms with van der Waals surface area (Å²) in [6.07, 6.45) is 1.11. The molecule has 7 heteroatoms. The van der Waals surface area contributed by atoms with E-state index in [0.29, 0.717) is 44.8 Å². The number of nitrogens with zero attached hydrogens (tertiary/aromatic N) is 1. The lowest BCUT2D eigenvalue weighted by atomic mass is 9.95. The minimum Gasteiger partial charge on any atom is -0.375 e. The van der Waals surface area contributed by atoms with Crippen LogP contribution < -0.4 is 10.6 Å². The van der Waals surface area contributed by atoms with Crippen LogP contribution in [-0.2, 0) is 14.3 Å². The Balaban J connectivity index is 1.50. The van der Waals surface area contributed by atoms with E-state index in [-0.39, 0.29) is 35.7 Å². The topological polar surface area (TPSA) is 70.7 Å². The number of halogens is 1. The number of benzene rings is 1. The fraction of sp³-hybridized carbons (Fsp3) is 0.556. The van der Waals surface area contributed by atoms with Crippen LogP contribution in [0.3, 0.4) is 0 Å². The molecular formula is C18H24FN3O3. The van der Waals surface area contributed by atoms with Gasteiger partial charge in [0.1, 0.15) is 11.9 Å². The highest BCUT2D eigenvalue weighted by Crippen LogP contribution is 2.21. The number of morpholine rings is 1. The Labute approximate surface area is 146 Å². The van der Waals surface area contributed by atoms with Crippen LogP contribution in [-0.4, -0.2) is 55.1 Å². The molecule has 6 nitrogen and oxygen atoms in total. The second kappa shape index (κ2) is 7.93. The maximum absolute atomic E-state index is 12.9. The highest BCUT2D eigenvalue weighted by atomic mass is 19.1. The third kappa shape index (κ3) is 4.35. The van der Waals surface area contributed by atoms with Gasteiger partial charge in [-0.25, -0.2) is 4.39 Å². The molecule has 2 aliphatic rings. The molecule has 0 saturated carbocycles. The van der Waals surface area contributed by atoms with Crippen LogP contribution in [0.2, 0.25) is 0 Å². The zero-order chi connectivity index (χ0) is 17.8. The first-order valence-electron chi connectivity index (χ1n) is 8.75. The Hall–Kier alpha value is -1.99. The standard InChI is InChI=1S/C18H24FN3O3/c1-12-16(20-8-11-25-12)18(24)22-9-6-13(7-10-22)17(23)21-15-4-2-14(19)3-5-15/h2-5,12-13,16,20H,6-11H2,1H3,(H,21,23)/t12-,16+/m1/s1. The van der Waals surface area contributed by atoms with E-state index in [4.69, 9.17) is 4.74 Å². The Bertz CT molecular complexity index is 614. The second-order valence-electron chi connectivity index (χ2n) is 6.60. The minimum absolute atomic E-state index is 0.0459. The first kappa shape index (κ1) is 17.8. The van der Waals surface area contributed by atoms with Crippen molar-refractivity contribution in [1.82, 2.24) is 10.2 Å². The van der Waals surface area contributed by atoms with E-state index >= 15 is 0 Å². The van der Waals surface area contributed by atoms with Gasteiger partial charge in [-0.3, -0.25) is 9.59 Å². The summed E-state index contributed by atoms with van der Waals surface area (Å²) in [5, 5.41) is 6.02. The van der Waals surface area contributed by atoms with Crippen LogP contribution >= 0.6 is 0 Å². The van der Waals surface area contributed by atoms with Crippen LogP contribution in [0.15, 0.2) is 24.3 Å². The first-order chi connectivity index (χ1) is 12.0. The van der Waals surface area contributed by atoms with E-state index in [1.54, 1.807) is 12.1 Å². The number of hydrogen-bond donors (Lipinski definition) is 2. The van der Waals surface area contributed by atoms with Crippen LogP contribution in [0.25, 0.3) is 0 Å². The number of carbonyl (C=O) groups excluding carboxylic acids is 2. The molecule has 2 fully saturated rings. The minimum atomic E-state index is -0.334. The highest BCUT2D eigenvalue weighted by Gasteiger charge is 2.34. The molecule has 0 unspecified atom stereocenters. The molecule has 0 aromatic heterocycles. The summed E-state index contributed by atoms with van der Waals surface area (Å²) in [6, 6.07) is 5.41. The molecular weight excluding hydrogens is 325 g/mol. The molecule has 2 aliphatic heterocycles. The average molecular weight is 349 g/mol. The lowest BCUT2D eigenvalue weighted by molar-refractivity contribution is -0.142. The molecule has 3 rings (SSSR count). The lowest BCUT2D eigenvalue weighted by Crippen LogP contribution is -2.57. The molecule has 25 heavy (non-hydrogen) atoms. The van der Waals surface area contributed by atoms with Crippen molar-refractivity contribution in [3.63, 3.8) is 0 Å². The zero-order valence-corrected chi connectivity index (χ0v) is 14.3. The molecule has 2 atom stereocenters. The van der Waals surface area contributed by atoms with Gasteiger partial charge < -0.3 is 20.3 Å². The molecule has 0 bridgehead atoms. The number of rotatable bonds is 3. The molecule has 2 heterocycles. The van der Waals surface area contributed by atoms with Crippen molar-refractivity contribution in [1.29, 1.82) is 0 Å². The van der Waals surface area contributed by atoms with Gasteiger partial charge in [-0.15, -0.1) is 0 Å². The van der Waals surface area contributed by atoms with Gasteiger partial charge in [0.15, 0.2) is 0 Å². The fourth-order valence-corrected chi connectivity index (χ4v) is 3.35. The summed E-state index contributed by atoms with van der Waals surface area (Å²) in [6.45, 7) is 4.32. The van der Waals surface area contributed by atoms with E-state index in [0.717, 1.165) is 0 Å². The van der Waals surface area contributed by atoms with Gasteiger partial charge >= 0.3 is 0 Å². The number of nitrogens with one attached hydrogen (secondary N) is 2. The third-order valence-corrected chi connectivity index (χ3v) is 4.87. The molecule has 2 amide bonds. The van der Waals surface area contributed by atoms with Gasteiger partial charge in [0, 0.05) is 31.2 Å². The third-order valence-electron chi connectivity index (χ3n) is 4.87. The summed E-state index contributed by atoms with van der Waals surface area (Å²) in [5.41, 5.74) is 0.585. The summed E-state index contributed by atoms with van der Waals surface area (Å²) >= 11 is 0. The lowest BCUT2D eigenvalue weighted by Gasteiger charge is -2.37. The maximum atomic E-state index is 12.9. The molecule has 1 aromatic carbocycles. The average Bonchev–Trinajstić information content (AvgIpc) is 2.63. The smallest absolute Gasteiger partial charge is 0.242 e. The van der Waals surface area contributed by atoms with E-state index in [1.807, 2.05) is 11.8 Å². The van der Waals surface area contributed by atoms with E-state index in [2.05, 4.69) is 10.6 Å². The SMILES string of the molecule is C[C@H]1OCCN[C@@H]1C(=O)N1CCC(C(=O)Nc2ccc(F)cc2)CC1. The number of amides is 2. The van der Waals surface area contributed by atoms with Gasteiger partial charge in [-0.2, -0.15) is 0 Å². The zero-order valence-electron chi connectivity index (χ0n) is 14.3. The van der Waals surface area contributed by atoms with Crippen LogP contribution in [0.4, 0.5) is 10.1 Å². The van der Waals surface area contributed by atoms with Gasteiger partial charge in [-0.05, 0) is 44.0 Å². The van der Waals surface area contributed by atoms with Crippen LogP contribution in [0.5, 0.6) is 0 Å². The van der Waals surface area contributed by atoms with Gasteiger partial charge in [-0.1, -0.05) is 0 Å². The number of hydrogen-bond acceptors (Lipinski definition) is 4. The van der Waals surface area contributed by atoms with Crippen molar-refractivity contribution in [3.05, 3.63) is 30.1 Å². The molecule has 1 aromatic rings. The van der Waals surface area contributed by atoms with E-state index in [1.165, 1.54) is 12.1 Å². The van der Waals surface area contributed by atoms with Gasteiger partial charge in [0.2, 0.25) is 11.8 Å². The predicted molar refractivity (Wildman–Crippen MR) is 91.5 cm³/mol. The first-order valence-corrected chi connectivity index (χ1v) is 8.75. The van der Waals surface area contributed by atoms with Crippen molar-refractivity contribution < 1.29 is 18.7 Å². The highest BCUT2D eigenvalue weighted by molar-refractivity contribution is 5.92. The van der Waals surface area contributed by atoms with Crippen molar-refractivity contribution in [2.75, 3.05) is 31.6 Å². The summed E-state index contributed by atoms with van der Waals surface area (Å²) in [4.78, 5) is 26.8. The summed E-state index contributed by atoms with van der Waals surface area (Å²) in [5.74, 6) is -0.503. The van der Waals surface area contributed by atoms with E-state index in [9.17, 15) is 14.0 Å². The van der Waals surface area contributed by atoms with Crippen molar-refractivity contribution in [2.24, 2.45) is 5.92 Å². The molecule has 0 radical (unpaired) electrons. The van der Waals surface area contributed by atoms with E-state index < -0.39 is 0 Å². The quantitative estimate of drug-likeness (QED) is 0.865. The number of likely N-dealkylation sites (tertiary alicyclic amines) is 1. The monoisotopic (exact) mass is 349 g/mol. The number of carbonyl (C=O) groups is 2. The Morgan fingerprint density at radius 3 is 2.56 bits per heavy atom. The van der Waals surface area contributed by atoms with Crippen molar-refractivity contribution >= 4 is 17.5 Å². The van der Waals surface area contributed by atoms with Crippen molar-refractivity contribution in [2.45, 2.75) is 31.9 Å². The molecule has 2 saturated heterocycles. The molecule has 0 aliphatic carbocycles. The Morgan fingerprint density at radius 2 is 1.92 bits per heavy atom. The predicted octanol–water partition coefficient (Wildman–Crippen LogP) is 1.38. The van der Waals surface area contributed by atoms with Crippen LogP contribution in [0.1, 0.15) is 19.8 Å². The molecule has 0 spiro atoms. The van der Waals surface area contributed by atoms with Crippen LogP contribution in [0, 0.1) is 11.7 Å². The Morgan fingerprint density at radius 1 is 1.24 bits per heavy atom. The Kier molecular flexibility index (Phi) is 5.65. The maximum Gasteiger partial charge on any atom is 0.242 e. The second-order valence-corrected chi connectivity index (χ2v) is 6.60. The largest absolute Gasteiger partial charge is 0.375 e. The molecule has 2 N–H and O–H groups in total. The number of anilines is 1. The number of ether oxygens (including phenoxy) is 1. The fourth-order valence-electron chi connectivity index (χ4n) is 3.35. The number of piperidine rings is 1.